The van der Waals surface area contributed by atoms with Crippen molar-refractivity contribution >= 4 is 41.5 Å². The summed E-state index contributed by atoms with van der Waals surface area (Å²) >= 11 is 0. The number of anilines is 1. The average molecular weight is 498 g/mol. The Balaban J connectivity index is 0.00000280. The van der Waals surface area contributed by atoms with Gasteiger partial charge in [-0.15, -0.1) is 24.0 Å². The molecule has 150 valence electrons. The molecule has 2 aromatic rings. The first-order valence-corrected chi connectivity index (χ1v) is 8.96. The lowest BCUT2D eigenvalue weighted by atomic mass is 10.1. The fraction of sp³-hybridized carbons (Fsp3) is 0.300. The summed E-state index contributed by atoms with van der Waals surface area (Å²) in [5.41, 5.74) is 1.60. The van der Waals surface area contributed by atoms with Crippen LogP contribution in [0.25, 0.3) is 0 Å². The van der Waals surface area contributed by atoms with Crippen LogP contribution in [0.3, 0.4) is 0 Å². The Morgan fingerprint density at radius 2 is 2.04 bits per heavy atom. The molecular weight excluding hydrogens is 474 g/mol. The monoisotopic (exact) mass is 498 g/mol. The second-order valence-corrected chi connectivity index (χ2v) is 6.19. The molecule has 1 unspecified atom stereocenters. The molecule has 1 amide bonds. The van der Waals surface area contributed by atoms with Crippen LogP contribution in [-0.2, 0) is 11.2 Å². The molecule has 0 bridgehead atoms. The second-order valence-electron chi connectivity index (χ2n) is 6.19. The molecule has 1 aliphatic rings. The van der Waals surface area contributed by atoms with Crippen LogP contribution >= 0.6 is 24.0 Å². The van der Waals surface area contributed by atoms with Crippen molar-refractivity contribution in [2.75, 3.05) is 25.0 Å². The van der Waals surface area contributed by atoms with E-state index in [0.29, 0.717) is 24.7 Å². The first kappa shape index (κ1) is 21.9. The maximum Gasteiger partial charge on any atom is 0.246 e. The molecule has 0 spiro atoms. The highest BCUT2D eigenvalue weighted by atomic mass is 127. The molecule has 3 N–H and O–H groups in total. The van der Waals surface area contributed by atoms with E-state index in [9.17, 15) is 9.18 Å². The van der Waals surface area contributed by atoms with Crippen molar-refractivity contribution in [3.05, 3.63) is 59.9 Å². The van der Waals surface area contributed by atoms with Crippen molar-refractivity contribution < 1.29 is 13.9 Å². The van der Waals surface area contributed by atoms with Gasteiger partial charge in [0.05, 0.1) is 6.54 Å². The maximum atomic E-state index is 13.2. The lowest BCUT2D eigenvalue weighted by Crippen LogP contribution is -2.42. The van der Waals surface area contributed by atoms with E-state index >= 15 is 0 Å². The molecule has 28 heavy (non-hydrogen) atoms. The molecule has 0 fully saturated rings. The van der Waals surface area contributed by atoms with E-state index in [4.69, 9.17) is 4.74 Å². The lowest BCUT2D eigenvalue weighted by Gasteiger charge is -2.15. The minimum atomic E-state index is -0.399. The number of aliphatic imine (C=N–C) groups is 1. The highest BCUT2D eigenvalue weighted by molar-refractivity contribution is 14.0. The highest BCUT2D eigenvalue weighted by Crippen LogP contribution is 2.27. The number of carbonyl (C=O) groups is 1. The predicted octanol–water partition coefficient (Wildman–Crippen LogP) is 2.94. The first-order chi connectivity index (χ1) is 13.1. The van der Waals surface area contributed by atoms with Crippen molar-refractivity contribution in [3.63, 3.8) is 0 Å². The Morgan fingerprint density at radius 3 is 2.79 bits per heavy atom. The number of hydrogen-bond donors (Lipinski definition) is 3. The van der Waals surface area contributed by atoms with Gasteiger partial charge in [-0.1, -0.05) is 24.3 Å². The van der Waals surface area contributed by atoms with Gasteiger partial charge in [-0.25, -0.2) is 9.38 Å². The number of para-hydroxylation sites is 1. The fourth-order valence-corrected chi connectivity index (χ4v) is 2.84. The first-order valence-electron chi connectivity index (χ1n) is 8.96. The summed E-state index contributed by atoms with van der Waals surface area (Å²) in [5.74, 6) is 0.735. The number of carbonyl (C=O) groups excluding carboxylic acids is 1. The summed E-state index contributed by atoms with van der Waals surface area (Å²) in [6, 6.07) is 13.7. The van der Waals surface area contributed by atoms with Crippen LogP contribution in [0.4, 0.5) is 10.1 Å². The van der Waals surface area contributed by atoms with Crippen molar-refractivity contribution in [1.29, 1.82) is 0 Å². The summed E-state index contributed by atoms with van der Waals surface area (Å²) in [5, 5.41) is 8.92. The van der Waals surface area contributed by atoms with Gasteiger partial charge in [0.2, 0.25) is 5.91 Å². The number of hydrogen-bond acceptors (Lipinski definition) is 3. The summed E-state index contributed by atoms with van der Waals surface area (Å²) < 4.78 is 19.1. The van der Waals surface area contributed by atoms with Gasteiger partial charge in [0.1, 0.15) is 24.2 Å². The van der Waals surface area contributed by atoms with Gasteiger partial charge in [-0.2, -0.15) is 0 Å². The van der Waals surface area contributed by atoms with Crippen LogP contribution in [0.2, 0.25) is 0 Å². The van der Waals surface area contributed by atoms with Crippen molar-refractivity contribution in [2.24, 2.45) is 4.99 Å². The molecule has 0 aliphatic carbocycles. The number of nitrogens with zero attached hydrogens (tertiary/aromatic N) is 1. The van der Waals surface area contributed by atoms with Crippen LogP contribution in [-0.4, -0.2) is 37.6 Å². The molecule has 0 radical (unpaired) electrons. The van der Waals surface area contributed by atoms with Crippen LogP contribution in [0.15, 0.2) is 53.5 Å². The maximum absolute atomic E-state index is 13.2. The van der Waals surface area contributed by atoms with Gasteiger partial charge in [-0.05, 0) is 36.8 Å². The van der Waals surface area contributed by atoms with Crippen LogP contribution in [0, 0.1) is 5.82 Å². The number of benzene rings is 2. The number of amides is 1. The standard InChI is InChI=1S/C20H23FN4O2.HI/c1-2-22-20(23-12-17-10-14-6-3-4-9-18(14)27-17)24-13-19(26)25-16-8-5-7-15(21)11-16;/h3-9,11,17H,2,10,12-13H2,1H3,(H,25,26)(H2,22,23,24);1H. The van der Waals surface area contributed by atoms with E-state index in [2.05, 4.69) is 27.0 Å². The Kier molecular flexibility index (Phi) is 8.49. The molecule has 8 heteroatoms. The van der Waals surface area contributed by atoms with Gasteiger partial charge in [-0.3, -0.25) is 4.79 Å². The van der Waals surface area contributed by atoms with E-state index < -0.39 is 5.82 Å². The highest BCUT2D eigenvalue weighted by Gasteiger charge is 2.22. The fourth-order valence-electron chi connectivity index (χ4n) is 2.84. The Morgan fingerprint density at radius 1 is 1.21 bits per heavy atom. The second kappa shape index (κ2) is 10.8. The molecular formula is C20H24FIN4O2. The molecule has 6 nitrogen and oxygen atoms in total. The normalized spacial score (nSPS) is 15.1. The Bertz CT molecular complexity index is 806. The van der Waals surface area contributed by atoms with Crippen LogP contribution < -0.4 is 20.7 Å². The quantitative estimate of drug-likeness (QED) is 0.326. The lowest BCUT2D eigenvalue weighted by molar-refractivity contribution is -0.114. The van der Waals surface area contributed by atoms with Crippen molar-refractivity contribution in [1.82, 2.24) is 10.6 Å². The number of rotatable bonds is 6. The Hall–Kier alpha value is -2.36. The SMILES string of the molecule is CCNC(=NCC(=O)Nc1cccc(F)c1)NCC1Cc2ccccc2O1.I. The third-order valence-electron chi connectivity index (χ3n) is 4.04. The molecule has 1 aliphatic heterocycles. The molecule has 0 saturated heterocycles. The summed E-state index contributed by atoms with van der Waals surface area (Å²) in [6.45, 7) is 3.12. The summed E-state index contributed by atoms with van der Waals surface area (Å²) in [4.78, 5) is 16.3. The minimum absolute atomic E-state index is 0. The topological polar surface area (TPSA) is 74.8 Å². The zero-order valence-corrected chi connectivity index (χ0v) is 17.9. The minimum Gasteiger partial charge on any atom is -0.488 e. The third kappa shape index (κ3) is 6.36. The van der Waals surface area contributed by atoms with Crippen LogP contribution in [0.5, 0.6) is 5.75 Å². The number of ether oxygens (including phenoxy) is 1. The Labute approximate surface area is 181 Å². The molecule has 0 saturated carbocycles. The third-order valence-corrected chi connectivity index (χ3v) is 4.04. The van der Waals surface area contributed by atoms with E-state index in [0.717, 1.165) is 12.2 Å². The van der Waals surface area contributed by atoms with Crippen molar-refractivity contribution in [2.45, 2.75) is 19.4 Å². The van der Waals surface area contributed by atoms with Gasteiger partial charge in [0.25, 0.3) is 0 Å². The van der Waals surface area contributed by atoms with Crippen LogP contribution in [0.1, 0.15) is 12.5 Å². The van der Waals surface area contributed by atoms with Gasteiger partial charge in [0.15, 0.2) is 5.96 Å². The number of halogens is 2. The van der Waals surface area contributed by atoms with Gasteiger partial charge >= 0.3 is 0 Å². The van der Waals surface area contributed by atoms with E-state index in [1.165, 1.54) is 17.7 Å². The van der Waals surface area contributed by atoms with E-state index in [1.807, 2.05) is 25.1 Å². The number of guanidine groups is 1. The predicted molar refractivity (Wildman–Crippen MR) is 119 cm³/mol. The summed E-state index contributed by atoms with van der Waals surface area (Å²) in [7, 11) is 0. The number of nitrogens with one attached hydrogen (secondary N) is 3. The molecule has 3 rings (SSSR count). The van der Waals surface area contributed by atoms with Crippen molar-refractivity contribution in [3.8, 4) is 5.75 Å². The summed E-state index contributed by atoms with van der Waals surface area (Å²) in [6.07, 6.45) is 0.857. The largest absolute Gasteiger partial charge is 0.488 e. The van der Waals surface area contributed by atoms with Gasteiger partial charge < -0.3 is 20.7 Å². The van der Waals surface area contributed by atoms with E-state index in [1.54, 1.807) is 12.1 Å². The average Bonchev–Trinajstić information content (AvgIpc) is 3.07. The molecule has 0 aromatic heterocycles. The zero-order valence-electron chi connectivity index (χ0n) is 15.6. The zero-order chi connectivity index (χ0) is 19.1. The smallest absolute Gasteiger partial charge is 0.246 e. The molecule has 1 atom stereocenters. The van der Waals surface area contributed by atoms with E-state index in [-0.39, 0.29) is 42.5 Å². The van der Waals surface area contributed by atoms with Gasteiger partial charge in [0, 0.05) is 18.7 Å². The molecule has 2 aromatic carbocycles. The number of fused-ring (bicyclic) bond motifs is 1. The molecule has 1 heterocycles.